The number of quaternary nitrogens is 1. The molecule has 160 valence electrons. The number of imide groups is 1. The van der Waals surface area contributed by atoms with E-state index in [-0.39, 0.29) is 35.5 Å². The maximum atomic E-state index is 13.8. The SMILES string of the molecule is C[C@@H]1C(O)CC[N+]1(C(=O)O)C(=O)C(C(=O)c1ccccc1)n1cnc2c(N)ncnc21. The number of ketones is 1. The molecular formula is C20H21N6O5+. The number of Topliss-reactive ketones (excluding diaryl/α,β-unsaturated/α-hetero) is 1. The summed E-state index contributed by atoms with van der Waals surface area (Å²) in [6, 6.07) is 5.57. The van der Waals surface area contributed by atoms with E-state index in [1.165, 1.54) is 24.1 Å². The highest BCUT2D eigenvalue weighted by Crippen LogP contribution is 2.34. The van der Waals surface area contributed by atoms with Crippen LogP contribution in [0, 0.1) is 0 Å². The molecule has 1 aromatic carbocycles. The van der Waals surface area contributed by atoms with Crippen molar-refractivity contribution in [2.75, 3.05) is 12.3 Å². The van der Waals surface area contributed by atoms with E-state index >= 15 is 0 Å². The van der Waals surface area contributed by atoms with E-state index in [0.29, 0.717) is 0 Å². The monoisotopic (exact) mass is 425 g/mol. The highest BCUT2D eigenvalue weighted by molar-refractivity contribution is 6.12. The quantitative estimate of drug-likeness (QED) is 0.314. The number of carbonyl (C=O) groups excluding carboxylic acids is 2. The number of hydrogen-bond acceptors (Lipinski definition) is 8. The van der Waals surface area contributed by atoms with Crippen LogP contribution in [0.25, 0.3) is 11.2 Å². The summed E-state index contributed by atoms with van der Waals surface area (Å²) in [4.78, 5) is 51.8. The molecule has 1 aliphatic heterocycles. The number of likely N-dealkylation sites (tertiary alicyclic amines) is 1. The third-order valence-electron chi connectivity index (χ3n) is 5.97. The zero-order valence-corrected chi connectivity index (χ0v) is 16.6. The summed E-state index contributed by atoms with van der Waals surface area (Å²) in [6.45, 7) is 1.35. The molecule has 0 radical (unpaired) electrons. The molecule has 4 atom stereocenters. The highest BCUT2D eigenvalue weighted by Gasteiger charge is 2.60. The summed E-state index contributed by atoms with van der Waals surface area (Å²) >= 11 is 0. The molecular weight excluding hydrogens is 404 g/mol. The van der Waals surface area contributed by atoms with Crippen LogP contribution < -0.4 is 5.73 Å². The van der Waals surface area contributed by atoms with Crippen LogP contribution in [0.5, 0.6) is 0 Å². The number of imidazole rings is 1. The van der Waals surface area contributed by atoms with Gasteiger partial charge in [-0.2, -0.15) is 9.28 Å². The van der Waals surface area contributed by atoms with E-state index in [4.69, 9.17) is 5.73 Å². The van der Waals surface area contributed by atoms with Crippen molar-refractivity contribution in [1.82, 2.24) is 19.5 Å². The van der Waals surface area contributed by atoms with Gasteiger partial charge in [-0.05, 0) is 6.92 Å². The molecule has 1 saturated heterocycles. The Labute approximate surface area is 176 Å². The van der Waals surface area contributed by atoms with Crippen LogP contribution in [0.15, 0.2) is 43.0 Å². The van der Waals surface area contributed by atoms with E-state index in [0.717, 1.165) is 0 Å². The summed E-state index contributed by atoms with van der Waals surface area (Å²) in [5, 5.41) is 20.3. The lowest BCUT2D eigenvalue weighted by molar-refractivity contribution is -0.795. The molecule has 1 fully saturated rings. The minimum atomic E-state index is -1.58. The van der Waals surface area contributed by atoms with Crippen molar-refractivity contribution in [3.05, 3.63) is 48.5 Å². The number of anilines is 1. The van der Waals surface area contributed by atoms with Gasteiger partial charge in [-0.3, -0.25) is 9.36 Å². The number of aromatic nitrogens is 4. The molecule has 4 rings (SSSR count). The molecule has 0 aliphatic carbocycles. The second kappa shape index (κ2) is 7.52. The molecule has 3 aromatic rings. The molecule has 1 aliphatic rings. The van der Waals surface area contributed by atoms with Gasteiger partial charge in [-0.15, -0.1) is 0 Å². The van der Waals surface area contributed by atoms with E-state index < -0.39 is 40.5 Å². The van der Waals surface area contributed by atoms with Crippen molar-refractivity contribution < 1.29 is 29.1 Å². The Balaban J connectivity index is 1.92. The molecule has 11 heteroatoms. The molecule has 2 aromatic heterocycles. The van der Waals surface area contributed by atoms with Gasteiger partial charge in [0.05, 0.1) is 12.9 Å². The fourth-order valence-corrected chi connectivity index (χ4v) is 4.14. The van der Waals surface area contributed by atoms with Crippen molar-refractivity contribution in [3.8, 4) is 0 Å². The van der Waals surface area contributed by atoms with Crippen molar-refractivity contribution >= 4 is 34.8 Å². The summed E-state index contributed by atoms with van der Waals surface area (Å²) in [7, 11) is 0. The average Bonchev–Trinajstić information content (AvgIpc) is 3.32. The van der Waals surface area contributed by atoms with E-state index in [9.17, 15) is 24.6 Å². The number of nitrogens with two attached hydrogens (primary N) is 1. The molecule has 3 heterocycles. The second-order valence-corrected chi connectivity index (χ2v) is 7.53. The zero-order valence-electron chi connectivity index (χ0n) is 16.6. The molecule has 31 heavy (non-hydrogen) atoms. The smallest absolute Gasteiger partial charge is 0.435 e. The maximum Gasteiger partial charge on any atom is 0.521 e. The first-order valence-electron chi connectivity index (χ1n) is 9.65. The number of amides is 2. The lowest BCUT2D eigenvalue weighted by Gasteiger charge is -2.33. The summed E-state index contributed by atoms with van der Waals surface area (Å²) < 4.78 is 0.149. The number of nitrogens with zero attached hydrogens (tertiary/aromatic N) is 5. The first-order valence-corrected chi connectivity index (χ1v) is 9.65. The van der Waals surface area contributed by atoms with Crippen molar-refractivity contribution in [1.29, 1.82) is 0 Å². The van der Waals surface area contributed by atoms with Crippen LogP contribution in [-0.4, -0.2) is 70.7 Å². The lowest BCUT2D eigenvalue weighted by Crippen LogP contribution is -2.62. The zero-order chi connectivity index (χ0) is 22.3. The number of rotatable bonds is 4. The number of nitrogen functional groups attached to an aromatic ring is 1. The number of carboxylic acid groups (broad SMARTS) is 1. The van der Waals surface area contributed by atoms with Gasteiger partial charge in [-0.1, -0.05) is 30.3 Å². The van der Waals surface area contributed by atoms with Gasteiger partial charge in [0.25, 0.3) is 0 Å². The largest absolute Gasteiger partial charge is 0.521 e. The minimum Gasteiger partial charge on any atom is -0.435 e. The lowest BCUT2D eigenvalue weighted by atomic mass is 10.0. The maximum absolute atomic E-state index is 13.8. The van der Waals surface area contributed by atoms with Gasteiger partial charge >= 0.3 is 12.0 Å². The predicted molar refractivity (Wildman–Crippen MR) is 108 cm³/mol. The van der Waals surface area contributed by atoms with Gasteiger partial charge in [0.2, 0.25) is 6.04 Å². The van der Waals surface area contributed by atoms with Crippen LogP contribution in [0.2, 0.25) is 0 Å². The molecule has 0 bridgehead atoms. The van der Waals surface area contributed by atoms with Crippen LogP contribution in [0.3, 0.4) is 0 Å². The van der Waals surface area contributed by atoms with Crippen molar-refractivity contribution in [2.45, 2.75) is 31.5 Å². The molecule has 2 amide bonds. The van der Waals surface area contributed by atoms with Crippen molar-refractivity contribution in [3.63, 3.8) is 0 Å². The predicted octanol–water partition coefficient (Wildman–Crippen LogP) is 1.01. The fraction of sp³-hybridized carbons (Fsp3) is 0.300. The molecule has 11 nitrogen and oxygen atoms in total. The van der Waals surface area contributed by atoms with Gasteiger partial charge < -0.3 is 15.9 Å². The molecule has 0 saturated carbocycles. The number of benzene rings is 1. The summed E-state index contributed by atoms with van der Waals surface area (Å²) in [6.07, 6.45) is 0.0945. The summed E-state index contributed by atoms with van der Waals surface area (Å²) in [5.74, 6) is -1.44. The van der Waals surface area contributed by atoms with Crippen LogP contribution in [0.1, 0.15) is 29.7 Å². The van der Waals surface area contributed by atoms with Gasteiger partial charge in [0.15, 0.2) is 17.2 Å². The Morgan fingerprint density at radius 2 is 1.90 bits per heavy atom. The Morgan fingerprint density at radius 3 is 2.52 bits per heavy atom. The van der Waals surface area contributed by atoms with Gasteiger partial charge in [0, 0.05) is 12.0 Å². The van der Waals surface area contributed by atoms with Gasteiger partial charge in [-0.25, -0.2) is 19.7 Å². The first kappa shape index (κ1) is 20.6. The molecule has 4 N–H and O–H groups in total. The Hall–Kier alpha value is -3.70. The topological polar surface area (TPSA) is 161 Å². The normalized spacial score (nSPS) is 24.2. The Morgan fingerprint density at radius 1 is 1.19 bits per heavy atom. The minimum absolute atomic E-state index is 0.0641. The number of aliphatic hydroxyl groups excluding tert-OH is 1. The standard InChI is InChI=1S/C20H20N6O5/c1-11-13(27)7-8-26(11,20(30)31)19(29)15(16(28)12-5-3-2-4-6-12)25-10-24-14-17(21)22-9-23-18(14)25/h2-6,9-11,13,15,27H,7-8H2,1H3,(H2-,21,22,23,30,31)/p+1/t11-,13?,15?,26?/m1/s1. The van der Waals surface area contributed by atoms with Crippen LogP contribution >= 0.6 is 0 Å². The fourth-order valence-electron chi connectivity index (χ4n) is 4.14. The number of carbonyl (C=O) groups is 3. The molecule has 0 spiro atoms. The van der Waals surface area contributed by atoms with E-state index in [1.807, 2.05) is 0 Å². The van der Waals surface area contributed by atoms with Gasteiger partial charge in [0.1, 0.15) is 24.0 Å². The summed E-state index contributed by atoms with van der Waals surface area (Å²) in [5.41, 5.74) is 6.39. The number of aliphatic hydroxyl groups is 1. The first-order chi connectivity index (χ1) is 14.8. The van der Waals surface area contributed by atoms with Crippen LogP contribution in [-0.2, 0) is 4.79 Å². The number of hydrogen-bond donors (Lipinski definition) is 3. The average molecular weight is 425 g/mol. The number of fused-ring (bicyclic) bond motifs is 1. The van der Waals surface area contributed by atoms with E-state index in [2.05, 4.69) is 15.0 Å². The third-order valence-corrected chi connectivity index (χ3v) is 5.97. The third kappa shape index (κ3) is 3.05. The van der Waals surface area contributed by atoms with Crippen molar-refractivity contribution in [2.24, 2.45) is 0 Å². The highest BCUT2D eigenvalue weighted by atomic mass is 16.4. The molecule has 3 unspecified atom stereocenters. The van der Waals surface area contributed by atoms with Crippen LogP contribution in [0.4, 0.5) is 10.6 Å². The Kier molecular flexibility index (Phi) is 4.99. The van der Waals surface area contributed by atoms with E-state index in [1.54, 1.807) is 30.3 Å². The Bertz CT molecular complexity index is 1180. The second-order valence-electron chi connectivity index (χ2n) is 7.53.